The van der Waals surface area contributed by atoms with Gasteiger partial charge in [-0.3, -0.25) is 0 Å². The molecule has 0 amide bonds. The molecule has 0 aliphatic heterocycles. The monoisotopic (exact) mass is 605 g/mol. The molecular formula is C28H60MoOPS2. The van der Waals surface area contributed by atoms with Crippen molar-refractivity contribution in [3.63, 3.8) is 0 Å². The summed E-state index contributed by atoms with van der Waals surface area (Å²) in [7, 11) is 0.164. The average molecular weight is 604 g/mol. The zero-order valence-electron chi connectivity index (χ0n) is 22.5. The second kappa shape index (κ2) is 26.8. The van der Waals surface area contributed by atoms with Gasteiger partial charge in [0.1, 0.15) is 0 Å². The third kappa shape index (κ3) is 26.6. The Morgan fingerprint density at radius 3 is 0.909 bits per heavy atom. The average Bonchev–Trinajstić information content (AvgIpc) is 2.78. The van der Waals surface area contributed by atoms with Gasteiger partial charge in [-0.2, -0.15) is 0 Å². The van der Waals surface area contributed by atoms with Crippen LogP contribution < -0.4 is 0 Å². The van der Waals surface area contributed by atoms with Crippen LogP contribution in [0.25, 0.3) is 0 Å². The van der Waals surface area contributed by atoms with E-state index in [0.717, 1.165) is 0 Å². The van der Waals surface area contributed by atoms with E-state index in [1.54, 1.807) is 0 Å². The van der Waals surface area contributed by atoms with Crippen LogP contribution in [0.4, 0.5) is 0 Å². The molecule has 1 nitrogen and oxygen atoms in total. The molecule has 0 saturated carbocycles. The van der Waals surface area contributed by atoms with Crippen molar-refractivity contribution in [2.75, 3.05) is 11.5 Å². The molecule has 0 bridgehead atoms. The van der Waals surface area contributed by atoms with E-state index in [-0.39, 0.29) is 10.1 Å². The van der Waals surface area contributed by atoms with Gasteiger partial charge >= 0.3 is 177 Å². The molecule has 1 unspecified atom stereocenters. The van der Waals surface area contributed by atoms with E-state index in [0.29, 0.717) is 0 Å². The minimum absolute atomic E-state index is 0.164. The van der Waals surface area contributed by atoms with Crippen LogP contribution in [0.15, 0.2) is 0 Å². The Hall–Kier alpha value is 1.78. The normalized spacial score (nSPS) is 13.6. The first-order chi connectivity index (χ1) is 16.0. The molecule has 0 spiro atoms. The van der Waals surface area contributed by atoms with Gasteiger partial charge < -0.3 is 0 Å². The van der Waals surface area contributed by atoms with Crippen LogP contribution in [0, 0.1) is 0 Å². The van der Waals surface area contributed by atoms with Crippen molar-refractivity contribution >= 4 is 25.9 Å². The summed E-state index contributed by atoms with van der Waals surface area (Å²) in [4.78, 5) is 10.6. The molecule has 0 fully saturated rings. The third-order valence-electron chi connectivity index (χ3n) is 6.80. The second-order valence-corrected chi connectivity index (χ2v) is 26.4. The summed E-state index contributed by atoms with van der Waals surface area (Å²) in [6.45, 7) is 4.59. The summed E-state index contributed by atoms with van der Waals surface area (Å²) in [6.07, 6.45) is 33.7. The van der Waals surface area contributed by atoms with Gasteiger partial charge in [-0.15, -0.1) is 0 Å². The maximum absolute atomic E-state index is 10.6. The molecule has 0 radical (unpaired) electrons. The van der Waals surface area contributed by atoms with Gasteiger partial charge in [0, 0.05) is 0 Å². The van der Waals surface area contributed by atoms with Crippen molar-refractivity contribution in [3.8, 4) is 0 Å². The van der Waals surface area contributed by atoms with Gasteiger partial charge in [0.25, 0.3) is 0 Å². The first-order valence-electron chi connectivity index (χ1n) is 14.8. The van der Waals surface area contributed by atoms with Gasteiger partial charge in [0.2, 0.25) is 0 Å². The third-order valence-corrected chi connectivity index (χ3v) is 18.9. The van der Waals surface area contributed by atoms with E-state index in [9.17, 15) is 4.89 Å². The summed E-state index contributed by atoms with van der Waals surface area (Å²) in [5.74, 6) is 2.45. The molecular weight excluding hydrogens is 543 g/mol. The zero-order valence-corrected chi connectivity index (χ0v) is 27.2. The molecule has 0 aromatic rings. The van der Waals surface area contributed by atoms with Crippen molar-refractivity contribution in [3.05, 3.63) is 0 Å². The molecule has 0 aromatic heterocycles. The van der Waals surface area contributed by atoms with Gasteiger partial charge in [-0.1, -0.05) is 52.4 Å². The van der Waals surface area contributed by atoms with Crippen LogP contribution in [0.2, 0.25) is 0 Å². The SMILES string of the molecule is CCCCCCCCCCCCCCS(CCCCCCCCCCCCCC)=[P](O)(S)[Mo]. The molecule has 0 heterocycles. The van der Waals surface area contributed by atoms with Crippen molar-refractivity contribution in [1.82, 2.24) is 0 Å². The van der Waals surface area contributed by atoms with Crippen LogP contribution >= 0.6 is 15.8 Å². The second-order valence-electron chi connectivity index (χ2n) is 10.1. The molecule has 0 saturated heterocycles. The molecule has 5 heteroatoms. The van der Waals surface area contributed by atoms with Gasteiger partial charge in [0.15, 0.2) is 0 Å². The van der Waals surface area contributed by atoms with Crippen LogP contribution in [0.1, 0.15) is 168 Å². The summed E-state index contributed by atoms with van der Waals surface area (Å²) in [6, 6.07) is 0. The predicted octanol–water partition coefficient (Wildman–Crippen LogP) is 11.2. The molecule has 0 aromatic carbocycles. The molecule has 33 heavy (non-hydrogen) atoms. The number of unbranched alkanes of at least 4 members (excludes halogenated alkanes) is 22. The summed E-state index contributed by atoms with van der Waals surface area (Å²) in [5, 5.41) is 0. The van der Waals surface area contributed by atoms with E-state index in [4.69, 9.17) is 0 Å². The standard InChI is InChI=1S/C28H60OPS2.Mo/c1-3-5-7-9-11-13-15-17-19-21-23-25-27-32(30(29)31)28-26-24-22-20-18-16-14-12-10-8-6-4-2;/h29,31H,3-28H2,1-2H3;/q+1;-1. The Kier molecular flexibility index (Phi) is 28.3. The zero-order chi connectivity index (χ0) is 24.5. The Morgan fingerprint density at radius 1 is 0.485 bits per heavy atom. The first-order valence-corrected chi connectivity index (χ1v) is 22.4. The van der Waals surface area contributed by atoms with Gasteiger partial charge in [-0.25, -0.2) is 0 Å². The van der Waals surface area contributed by atoms with Crippen molar-refractivity contribution in [2.24, 2.45) is 0 Å². The first kappa shape index (κ1) is 34.8. The molecule has 0 rings (SSSR count). The van der Waals surface area contributed by atoms with Crippen LogP contribution in [-0.2, 0) is 29.4 Å². The van der Waals surface area contributed by atoms with E-state index in [1.165, 1.54) is 166 Å². The summed E-state index contributed by atoms with van der Waals surface area (Å²) < 4.78 is -1.96. The van der Waals surface area contributed by atoms with Gasteiger partial charge in [-0.05, 0) is 0 Å². The number of hydrogen-bond donors (Lipinski definition) is 2. The van der Waals surface area contributed by atoms with Crippen molar-refractivity contribution < 1.29 is 24.2 Å². The molecule has 1 N–H and O–H groups in total. The Balaban J connectivity index is 3.61. The Bertz CT molecular complexity index is 415. The van der Waals surface area contributed by atoms with Crippen LogP contribution in [0.5, 0.6) is 0 Å². The number of thiol groups is 1. The van der Waals surface area contributed by atoms with E-state index >= 15 is 0 Å². The van der Waals surface area contributed by atoms with Crippen LogP contribution in [0.3, 0.4) is 0 Å². The molecule has 1 atom stereocenters. The predicted molar refractivity (Wildman–Crippen MR) is 157 cm³/mol. The Labute approximate surface area is 228 Å². The minimum atomic E-state index is -1.96. The van der Waals surface area contributed by atoms with Crippen molar-refractivity contribution in [2.45, 2.75) is 168 Å². The fourth-order valence-electron chi connectivity index (χ4n) is 4.56. The molecule has 201 valence electrons. The quantitative estimate of drug-likeness (QED) is 0.0436. The van der Waals surface area contributed by atoms with Crippen molar-refractivity contribution in [1.29, 1.82) is 0 Å². The van der Waals surface area contributed by atoms with Gasteiger partial charge in [0.05, 0.1) is 0 Å². The number of rotatable bonds is 26. The maximum atomic E-state index is 10.6. The fraction of sp³-hybridized carbons (Fsp3) is 1.00. The number of hydrogen-bond acceptors (Lipinski definition) is 0. The van der Waals surface area contributed by atoms with E-state index in [1.807, 2.05) is 19.3 Å². The topological polar surface area (TPSA) is 20.2 Å². The summed E-state index contributed by atoms with van der Waals surface area (Å²) in [5.41, 5.74) is 0. The fourth-order valence-corrected chi connectivity index (χ4v) is 13.3. The van der Waals surface area contributed by atoms with Crippen LogP contribution in [-0.4, -0.2) is 16.4 Å². The van der Waals surface area contributed by atoms with E-state index < -0.39 is 3.56 Å². The summed E-state index contributed by atoms with van der Waals surface area (Å²) >= 11 is 6.60. The molecule has 0 aliphatic carbocycles. The van der Waals surface area contributed by atoms with E-state index in [2.05, 4.69) is 26.1 Å². The molecule has 0 aliphatic rings. The Morgan fingerprint density at radius 2 is 0.697 bits per heavy atom.